The van der Waals surface area contributed by atoms with Gasteiger partial charge in [-0.05, 0) is 48.5 Å². The molecule has 98 valence electrons. The van der Waals surface area contributed by atoms with Crippen molar-refractivity contribution in [3.8, 4) is 11.5 Å². The van der Waals surface area contributed by atoms with Crippen LogP contribution in [-0.4, -0.2) is 19.0 Å². The summed E-state index contributed by atoms with van der Waals surface area (Å²) < 4.78 is 9.98. The number of methoxy groups -OCH3 is 1. The molecule has 2 aromatic rings. The molecule has 0 radical (unpaired) electrons. The zero-order valence-corrected chi connectivity index (χ0v) is 10.5. The number of nitrogens with zero attached hydrogens (tertiary/aromatic N) is 2. The lowest BCUT2D eigenvalue weighted by Crippen LogP contribution is -1.93. The van der Waals surface area contributed by atoms with Crippen LogP contribution in [0.2, 0.25) is 0 Å². The molecule has 2 aromatic carbocycles. The SMILES string of the molecule is COc1ccc(N=Nc2ccc(OCO)cc2)cc1. The maximum absolute atomic E-state index is 8.61. The van der Waals surface area contributed by atoms with Crippen molar-refractivity contribution in [2.24, 2.45) is 10.2 Å². The number of rotatable bonds is 5. The van der Waals surface area contributed by atoms with Gasteiger partial charge in [0.05, 0.1) is 18.5 Å². The van der Waals surface area contributed by atoms with E-state index in [1.54, 1.807) is 31.4 Å². The van der Waals surface area contributed by atoms with Gasteiger partial charge >= 0.3 is 0 Å². The molecule has 0 amide bonds. The number of benzene rings is 2. The highest BCUT2D eigenvalue weighted by atomic mass is 16.6. The van der Waals surface area contributed by atoms with Crippen LogP contribution in [0.1, 0.15) is 0 Å². The van der Waals surface area contributed by atoms with Gasteiger partial charge in [0.25, 0.3) is 0 Å². The fourth-order valence-corrected chi connectivity index (χ4v) is 1.45. The van der Waals surface area contributed by atoms with Crippen LogP contribution in [0.3, 0.4) is 0 Å². The van der Waals surface area contributed by atoms with Gasteiger partial charge in [-0.1, -0.05) is 0 Å². The average molecular weight is 258 g/mol. The fraction of sp³-hybridized carbons (Fsp3) is 0.143. The Labute approximate surface area is 111 Å². The molecule has 19 heavy (non-hydrogen) atoms. The first-order chi connectivity index (χ1) is 9.31. The van der Waals surface area contributed by atoms with Crippen LogP contribution >= 0.6 is 0 Å². The summed E-state index contributed by atoms with van der Waals surface area (Å²) in [7, 11) is 1.62. The Kier molecular flexibility index (Phi) is 4.47. The summed E-state index contributed by atoms with van der Waals surface area (Å²) in [6.07, 6.45) is 0. The van der Waals surface area contributed by atoms with Gasteiger partial charge in [0, 0.05) is 0 Å². The van der Waals surface area contributed by atoms with Crippen LogP contribution < -0.4 is 9.47 Å². The summed E-state index contributed by atoms with van der Waals surface area (Å²) in [6.45, 7) is -0.341. The van der Waals surface area contributed by atoms with Crippen LogP contribution in [-0.2, 0) is 0 Å². The van der Waals surface area contributed by atoms with Crippen molar-refractivity contribution >= 4 is 11.4 Å². The molecule has 2 rings (SSSR count). The topological polar surface area (TPSA) is 63.4 Å². The monoisotopic (exact) mass is 258 g/mol. The van der Waals surface area contributed by atoms with Gasteiger partial charge in [0.2, 0.25) is 0 Å². The molecular formula is C14H14N2O3. The zero-order chi connectivity index (χ0) is 13.5. The molecule has 0 heterocycles. The number of ether oxygens (including phenoxy) is 2. The molecule has 0 saturated carbocycles. The summed E-state index contributed by atoms with van der Waals surface area (Å²) in [5.74, 6) is 1.37. The molecule has 1 N–H and O–H groups in total. The molecule has 0 aliphatic carbocycles. The van der Waals surface area contributed by atoms with Gasteiger partial charge in [-0.3, -0.25) is 0 Å². The van der Waals surface area contributed by atoms with E-state index in [4.69, 9.17) is 14.6 Å². The largest absolute Gasteiger partial charge is 0.497 e. The molecule has 0 spiro atoms. The highest BCUT2D eigenvalue weighted by Gasteiger charge is 1.94. The van der Waals surface area contributed by atoms with E-state index in [1.165, 1.54) is 0 Å². The van der Waals surface area contributed by atoms with Crippen molar-refractivity contribution in [1.82, 2.24) is 0 Å². The summed E-state index contributed by atoms with van der Waals surface area (Å²) in [5.41, 5.74) is 1.46. The third-order valence-electron chi connectivity index (χ3n) is 2.42. The molecule has 5 heteroatoms. The Morgan fingerprint density at radius 1 is 0.842 bits per heavy atom. The van der Waals surface area contributed by atoms with E-state index in [9.17, 15) is 0 Å². The number of hydrogen-bond acceptors (Lipinski definition) is 5. The molecule has 0 aromatic heterocycles. The van der Waals surface area contributed by atoms with Crippen LogP contribution in [0.15, 0.2) is 58.8 Å². The van der Waals surface area contributed by atoms with E-state index in [0.717, 1.165) is 11.4 Å². The van der Waals surface area contributed by atoms with Crippen molar-refractivity contribution < 1.29 is 14.6 Å². The molecular weight excluding hydrogens is 244 g/mol. The third-order valence-corrected chi connectivity index (χ3v) is 2.42. The highest BCUT2D eigenvalue weighted by Crippen LogP contribution is 2.22. The highest BCUT2D eigenvalue weighted by molar-refractivity contribution is 5.44. The Hall–Kier alpha value is -2.40. The second kappa shape index (κ2) is 6.51. The molecule has 5 nitrogen and oxygen atoms in total. The normalized spacial score (nSPS) is 10.6. The smallest absolute Gasteiger partial charge is 0.186 e. The Bertz CT molecular complexity index is 536. The van der Waals surface area contributed by atoms with E-state index in [2.05, 4.69) is 10.2 Å². The summed E-state index contributed by atoms with van der Waals surface area (Å²) in [4.78, 5) is 0. The molecule has 0 saturated heterocycles. The first-order valence-corrected chi connectivity index (χ1v) is 5.71. The predicted molar refractivity (Wildman–Crippen MR) is 71.3 cm³/mol. The minimum atomic E-state index is -0.341. The Morgan fingerprint density at radius 3 is 1.74 bits per heavy atom. The molecule has 0 fully saturated rings. The maximum atomic E-state index is 8.61. The zero-order valence-electron chi connectivity index (χ0n) is 10.5. The first-order valence-electron chi connectivity index (χ1n) is 5.71. The molecule has 0 bridgehead atoms. The number of aliphatic hydroxyl groups excluding tert-OH is 1. The third kappa shape index (κ3) is 3.79. The minimum Gasteiger partial charge on any atom is -0.497 e. The maximum Gasteiger partial charge on any atom is 0.186 e. The van der Waals surface area contributed by atoms with Gasteiger partial charge in [-0.15, -0.1) is 0 Å². The van der Waals surface area contributed by atoms with Crippen LogP contribution in [0, 0.1) is 0 Å². The van der Waals surface area contributed by atoms with Crippen LogP contribution in [0.4, 0.5) is 11.4 Å². The molecule has 0 atom stereocenters. The van der Waals surface area contributed by atoms with E-state index >= 15 is 0 Å². The second-order valence-corrected chi connectivity index (χ2v) is 3.67. The van der Waals surface area contributed by atoms with Crippen molar-refractivity contribution in [2.45, 2.75) is 0 Å². The quantitative estimate of drug-likeness (QED) is 0.660. The molecule has 0 aliphatic rings. The number of hydrogen-bond donors (Lipinski definition) is 1. The van der Waals surface area contributed by atoms with Crippen molar-refractivity contribution in [3.05, 3.63) is 48.5 Å². The first kappa shape index (κ1) is 13.0. The van der Waals surface area contributed by atoms with Gasteiger partial charge in [0.1, 0.15) is 11.5 Å². The lowest BCUT2D eigenvalue weighted by molar-refractivity contribution is 0.0985. The van der Waals surface area contributed by atoms with E-state index in [0.29, 0.717) is 11.4 Å². The predicted octanol–water partition coefficient (Wildman–Crippen LogP) is 3.44. The van der Waals surface area contributed by atoms with Crippen molar-refractivity contribution in [2.75, 3.05) is 13.9 Å². The standard InChI is InChI=1S/C14H14N2O3/c1-18-13-6-2-11(3-7-13)15-16-12-4-8-14(9-5-12)19-10-17/h2-9,17H,10H2,1H3. The van der Waals surface area contributed by atoms with Crippen LogP contribution in [0.25, 0.3) is 0 Å². The van der Waals surface area contributed by atoms with Crippen molar-refractivity contribution in [1.29, 1.82) is 0 Å². The summed E-state index contributed by atoms with van der Waals surface area (Å²) in [5, 5.41) is 16.8. The van der Waals surface area contributed by atoms with E-state index < -0.39 is 0 Å². The van der Waals surface area contributed by atoms with Gasteiger partial charge < -0.3 is 14.6 Å². The average Bonchev–Trinajstić information content (AvgIpc) is 2.47. The minimum absolute atomic E-state index is 0.341. The molecule has 0 unspecified atom stereocenters. The summed E-state index contributed by atoms with van der Waals surface area (Å²) in [6, 6.07) is 14.3. The van der Waals surface area contributed by atoms with Crippen molar-refractivity contribution in [3.63, 3.8) is 0 Å². The lowest BCUT2D eigenvalue weighted by Gasteiger charge is -2.01. The van der Waals surface area contributed by atoms with Gasteiger partial charge in [-0.25, -0.2) is 0 Å². The molecule has 0 aliphatic heterocycles. The summed E-state index contributed by atoms with van der Waals surface area (Å²) >= 11 is 0. The Balaban J connectivity index is 2.04. The lowest BCUT2D eigenvalue weighted by atomic mass is 10.3. The number of azo groups is 1. The van der Waals surface area contributed by atoms with Crippen LogP contribution in [0.5, 0.6) is 11.5 Å². The van der Waals surface area contributed by atoms with E-state index in [-0.39, 0.29) is 6.79 Å². The number of aliphatic hydroxyl groups is 1. The Morgan fingerprint density at radius 2 is 1.32 bits per heavy atom. The second-order valence-electron chi connectivity index (χ2n) is 3.67. The van der Waals surface area contributed by atoms with Gasteiger partial charge in [0.15, 0.2) is 6.79 Å². The van der Waals surface area contributed by atoms with E-state index in [1.807, 2.05) is 24.3 Å². The fourth-order valence-electron chi connectivity index (χ4n) is 1.45. The van der Waals surface area contributed by atoms with Gasteiger partial charge in [-0.2, -0.15) is 10.2 Å².